The molecule has 0 unspecified atom stereocenters. The van der Waals surface area contributed by atoms with Crippen molar-refractivity contribution >= 4 is 27.6 Å². The zero-order chi connectivity index (χ0) is 22.1. The monoisotopic (exact) mass is 441 g/mol. The maximum atomic E-state index is 13.0. The van der Waals surface area contributed by atoms with Gasteiger partial charge in [-0.15, -0.1) is 11.3 Å². The van der Waals surface area contributed by atoms with Gasteiger partial charge in [0.05, 0.1) is 23.3 Å². The number of aromatic nitrogens is 4. The molecule has 1 saturated carbocycles. The summed E-state index contributed by atoms with van der Waals surface area (Å²) < 4.78 is 0.549. The van der Waals surface area contributed by atoms with Crippen LogP contribution in [0.4, 0.5) is 4.79 Å². The molecule has 9 heteroatoms. The van der Waals surface area contributed by atoms with Crippen LogP contribution in [-0.4, -0.2) is 41.8 Å². The highest BCUT2D eigenvalue weighted by Gasteiger charge is 2.59. The topological polar surface area (TPSA) is 115 Å². The van der Waals surface area contributed by atoms with Gasteiger partial charge >= 0.3 is 6.09 Å². The number of nitrogens with zero attached hydrogens (tertiary/aromatic N) is 3. The molecule has 0 aromatic carbocycles. The lowest BCUT2D eigenvalue weighted by Gasteiger charge is -2.62. The minimum atomic E-state index is -0.938. The van der Waals surface area contributed by atoms with Crippen molar-refractivity contribution in [3.8, 4) is 10.4 Å². The van der Waals surface area contributed by atoms with E-state index in [4.69, 9.17) is 4.98 Å². The maximum Gasteiger partial charge on any atom is 0.408 e. The first-order valence-electron chi connectivity index (χ1n) is 10.7. The van der Waals surface area contributed by atoms with E-state index >= 15 is 0 Å². The van der Waals surface area contributed by atoms with Crippen molar-refractivity contribution in [3.05, 3.63) is 34.1 Å². The minimum Gasteiger partial charge on any atom is -0.465 e. The summed E-state index contributed by atoms with van der Waals surface area (Å²) in [6.45, 7) is 8.28. The third-order valence-electron chi connectivity index (χ3n) is 7.42. The number of nitrogens with one attached hydrogen (secondary N) is 2. The van der Waals surface area contributed by atoms with Gasteiger partial charge in [-0.25, -0.2) is 9.78 Å². The number of piperidine rings is 2. The number of aryl methyl sites for hydroxylation is 1. The van der Waals surface area contributed by atoms with Crippen LogP contribution in [-0.2, 0) is 0 Å². The molecule has 0 radical (unpaired) electrons. The molecular weight excluding hydrogens is 414 g/mol. The van der Waals surface area contributed by atoms with Gasteiger partial charge in [0, 0.05) is 16.1 Å². The summed E-state index contributed by atoms with van der Waals surface area (Å²) in [5.74, 6) is 0.626. The van der Waals surface area contributed by atoms with Crippen LogP contribution < -0.4 is 5.56 Å². The standard InChI is InChI=1S/C22H27N5O3S/c1-11-13(10-23-26-11)15-9-14-17(31-15)19(28)25-18(24-14)16-12-5-7-22(8-6-12,21(2,3)4)27(16)20(29)30/h9-10,12,16H,5-8H2,1-4H3,(H,23,26)(H,29,30)(H,24,25,28)/t12?,16-,22?/m0/s1. The van der Waals surface area contributed by atoms with Crippen molar-refractivity contribution < 1.29 is 9.90 Å². The van der Waals surface area contributed by atoms with E-state index < -0.39 is 17.7 Å². The third kappa shape index (κ3) is 2.86. The van der Waals surface area contributed by atoms with Gasteiger partial charge in [0.25, 0.3) is 5.56 Å². The van der Waals surface area contributed by atoms with Crippen molar-refractivity contribution in [3.63, 3.8) is 0 Å². The lowest BCUT2D eigenvalue weighted by molar-refractivity contribution is -0.120. The second-order valence-electron chi connectivity index (χ2n) is 9.90. The summed E-state index contributed by atoms with van der Waals surface area (Å²) in [5.41, 5.74) is 1.59. The lowest BCUT2D eigenvalue weighted by Crippen LogP contribution is -2.67. The van der Waals surface area contributed by atoms with Crippen molar-refractivity contribution in [2.45, 2.75) is 65.0 Å². The van der Waals surface area contributed by atoms with Crippen LogP contribution in [0.1, 0.15) is 64.0 Å². The van der Waals surface area contributed by atoms with Crippen LogP contribution in [0.5, 0.6) is 0 Å². The fraction of sp³-hybridized carbons (Fsp3) is 0.545. The minimum absolute atomic E-state index is 0.162. The molecule has 3 aromatic heterocycles. The van der Waals surface area contributed by atoms with E-state index in [0.29, 0.717) is 16.0 Å². The average molecular weight is 442 g/mol. The molecule has 2 saturated heterocycles. The molecular formula is C22H27N5O3S. The van der Waals surface area contributed by atoms with Gasteiger partial charge in [-0.1, -0.05) is 20.8 Å². The summed E-state index contributed by atoms with van der Waals surface area (Å²) in [4.78, 5) is 35.8. The van der Waals surface area contributed by atoms with Crippen LogP contribution >= 0.6 is 11.3 Å². The van der Waals surface area contributed by atoms with Gasteiger partial charge in [-0.3, -0.25) is 14.8 Å². The smallest absolute Gasteiger partial charge is 0.408 e. The first kappa shape index (κ1) is 20.2. The average Bonchev–Trinajstić information content (AvgIpc) is 3.33. The molecule has 3 fully saturated rings. The van der Waals surface area contributed by atoms with Crippen molar-refractivity contribution in [2.75, 3.05) is 0 Å². The first-order valence-corrected chi connectivity index (χ1v) is 11.5. The molecule has 0 spiro atoms. The second kappa shape index (κ2) is 6.66. The number of fused-ring (bicyclic) bond motifs is 4. The number of amides is 1. The van der Waals surface area contributed by atoms with Crippen LogP contribution in [0.15, 0.2) is 17.1 Å². The van der Waals surface area contributed by atoms with Gasteiger partial charge in [-0.05, 0) is 50.0 Å². The summed E-state index contributed by atoms with van der Waals surface area (Å²) >= 11 is 1.38. The van der Waals surface area contributed by atoms with Crippen LogP contribution in [0, 0.1) is 18.3 Å². The predicted molar refractivity (Wildman–Crippen MR) is 119 cm³/mol. The Morgan fingerprint density at radius 1 is 1.32 bits per heavy atom. The SMILES string of the molecule is Cc1[nH]ncc1-c1cc2nc([C@@H]3C4CCC(C(C)(C)C)(CC4)N3C(=O)O)[nH]c(=O)c2s1. The first-order chi connectivity index (χ1) is 14.6. The molecule has 2 bridgehead atoms. The Kier molecular flexibility index (Phi) is 4.35. The van der Waals surface area contributed by atoms with Gasteiger partial charge in [0.2, 0.25) is 0 Å². The highest BCUT2D eigenvalue weighted by atomic mass is 32.1. The Labute approximate surface area is 183 Å². The molecule has 5 heterocycles. The number of H-pyrrole nitrogens is 2. The number of carbonyl (C=O) groups is 1. The molecule has 2 aliphatic heterocycles. The molecule has 1 aliphatic carbocycles. The quantitative estimate of drug-likeness (QED) is 0.533. The van der Waals surface area contributed by atoms with Crippen LogP contribution in [0.25, 0.3) is 20.7 Å². The number of hydrogen-bond donors (Lipinski definition) is 3. The zero-order valence-corrected chi connectivity index (χ0v) is 19.0. The van der Waals surface area contributed by atoms with E-state index in [9.17, 15) is 14.7 Å². The summed E-state index contributed by atoms with van der Waals surface area (Å²) in [7, 11) is 0. The Balaban J connectivity index is 1.65. The molecule has 3 aromatic rings. The number of rotatable bonds is 2. The van der Waals surface area contributed by atoms with Gasteiger partial charge < -0.3 is 10.1 Å². The second-order valence-corrected chi connectivity index (χ2v) is 11.0. The Bertz CT molecular complexity index is 1230. The van der Waals surface area contributed by atoms with Gasteiger partial charge in [0.15, 0.2) is 0 Å². The van der Waals surface area contributed by atoms with Crippen molar-refractivity contribution in [1.29, 1.82) is 0 Å². The Morgan fingerprint density at radius 2 is 2.03 bits per heavy atom. The summed E-state index contributed by atoms with van der Waals surface area (Å²) in [6.07, 6.45) is 4.38. The molecule has 6 rings (SSSR count). The summed E-state index contributed by atoms with van der Waals surface area (Å²) in [6, 6.07) is 1.47. The molecule has 3 aliphatic rings. The van der Waals surface area contributed by atoms with E-state index in [1.807, 2.05) is 13.0 Å². The van der Waals surface area contributed by atoms with E-state index in [-0.39, 0.29) is 16.9 Å². The highest BCUT2D eigenvalue weighted by molar-refractivity contribution is 7.22. The fourth-order valence-corrected chi connectivity index (χ4v) is 6.80. The highest BCUT2D eigenvalue weighted by Crippen LogP contribution is 2.58. The van der Waals surface area contributed by atoms with E-state index in [1.54, 1.807) is 11.1 Å². The van der Waals surface area contributed by atoms with Crippen LogP contribution in [0.2, 0.25) is 0 Å². The molecule has 1 atom stereocenters. The fourth-order valence-electron chi connectivity index (χ4n) is 5.74. The molecule has 31 heavy (non-hydrogen) atoms. The van der Waals surface area contributed by atoms with E-state index in [0.717, 1.165) is 41.8 Å². The lowest BCUT2D eigenvalue weighted by atomic mass is 9.57. The van der Waals surface area contributed by atoms with Crippen LogP contribution in [0.3, 0.4) is 0 Å². The van der Waals surface area contributed by atoms with Gasteiger partial charge in [-0.2, -0.15) is 5.10 Å². The number of carboxylic acid groups (broad SMARTS) is 1. The number of aromatic amines is 2. The molecule has 8 nitrogen and oxygen atoms in total. The van der Waals surface area contributed by atoms with Gasteiger partial charge in [0.1, 0.15) is 10.5 Å². The normalized spacial score (nSPS) is 26.0. The predicted octanol–water partition coefficient (Wildman–Crippen LogP) is 4.69. The Hall–Kier alpha value is -2.68. The third-order valence-corrected chi connectivity index (χ3v) is 8.58. The number of hydrogen-bond acceptors (Lipinski definition) is 5. The number of thiophene rings is 1. The zero-order valence-electron chi connectivity index (χ0n) is 18.2. The maximum absolute atomic E-state index is 13.0. The summed E-state index contributed by atoms with van der Waals surface area (Å²) in [5, 5.41) is 17.3. The van der Waals surface area contributed by atoms with E-state index in [2.05, 4.69) is 36.0 Å². The largest absolute Gasteiger partial charge is 0.465 e. The van der Waals surface area contributed by atoms with E-state index in [1.165, 1.54) is 11.3 Å². The van der Waals surface area contributed by atoms with Crippen molar-refractivity contribution in [2.24, 2.45) is 11.3 Å². The molecule has 3 N–H and O–H groups in total. The van der Waals surface area contributed by atoms with Crippen molar-refractivity contribution in [1.82, 2.24) is 25.1 Å². The molecule has 1 amide bonds. The molecule has 164 valence electrons. The Morgan fingerprint density at radius 3 is 2.61 bits per heavy atom.